The Kier molecular flexibility index (Phi) is 6.00. The Hall–Kier alpha value is -2.31. The van der Waals surface area contributed by atoms with Crippen LogP contribution in [0.15, 0.2) is 47.7 Å². The van der Waals surface area contributed by atoms with Crippen molar-refractivity contribution in [1.29, 1.82) is 0 Å². The molecule has 6 nitrogen and oxygen atoms in total. The molecule has 0 saturated heterocycles. The highest BCUT2D eigenvalue weighted by molar-refractivity contribution is 6.30. The van der Waals surface area contributed by atoms with E-state index in [1.807, 2.05) is 0 Å². The van der Waals surface area contributed by atoms with E-state index in [9.17, 15) is 14.7 Å². The van der Waals surface area contributed by atoms with E-state index in [4.69, 9.17) is 21.4 Å². The lowest BCUT2D eigenvalue weighted by Crippen LogP contribution is -2.32. The van der Waals surface area contributed by atoms with Crippen LogP contribution in [-0.4, -0.2) is 42.4 Å². The average molecular weight is 352 g/mol. The molecule has 128 valence electrons. The molecule has 2 rings (SSSR count). The molecule has 3 N–H and O–H groups in total. The van der Waals surface area contributed by atoms with Crippen molar-refractivity contribution in [3.05, 3.63) is 58.3 Å². The van der Waals surface area contributed by atoms with E-state index in [-0.39, 0.29) is 18.7 Å². The Morgan fingerprint density at radius 1 is 1.38 bits per heavy atom. The number of methoxy groups -OCH3 is 1. The van der Waals surface area contributed by atoms with Gasteiger partial charge in [0.2, 0.25) is 0 Å². The molecule has 1 aliphatic rings. The van der Waals surface area contributed by atoms with Gasteiger partial charge >= 0.3 is 11.9 Å². The first-order valence-electron chi connectivity index (χ1n) is 7.33. The minimum absolute atomic E-state index is 0.129. The van der Waals surface area contributed by atoms with Crippen LogP contribution in [0.5, 0.6) is 0 Å². The Bertz CT molecular complexity index is 698. The van der Waals surface area contributed by atoms with Crippen molar-refractivity contribution in [2.75, 3.05) is 20.3 Å². The van der Waals surface area contributed by atoms with Crippen LogP contribution in [0.2, 0.25) is 5.02 Å². The molecule has 2 unspecified atom stereocenters. The zero-order valence-electron chi connectivity index (χ0n) is 13.0. The summed E-state index contributed by atoms with van der Waals surface area (Å²) in [7, 11) is 1.24. The molecule has 24 heavy (non-hydrogen) atoms. The van der Waals surface area contributed by atoms with Crippen molar-refractivity contribution in [3.8, 4) is 0 Å². The lowest BCUT2D eigenvalue weighted by molar-refractivity contribution is -0.141. The van der Waals surface area contributed by atoms with Gasteiger partial charge in [-0.2, -0.15) is 0 Å². The summed E-state index contributed by atoms with van der Waals surface area (Å²) in [5, 5.41) is 21.9. The van der Waals surface area contributed by atoms with Crippen molar-refractivity contribution in [1.82, 2.24) is 5.32 Å². The van der Waals surface area contributed by atoms with E-state index >= 15 is 0 Å². The number of carbonyl (C=O) groups is 2. The second-order valence-electron chi connectivity index (χ2n) is 5.23. The number of aliphatic hydroxyl groups is 1. The van der Waals surface area contributed by atoms with Gasteiger partial charge in [-0.3, -0.25) is 4.79 Å². The molecule has 1 aliphatic carbocycles. The number of esters is 1. The van der Waals surface area contributed by atoms with E-state index in [0.29, 0.717) is 16.3 Å². The van der Waals surface area contributed by atoms with Gasteiger partial charge in [-0.05, 0) is 23.8 Å². The molecule has 1 aromatic carbocycles. The summed E-state index contributed by atoms with van der Waals surface area (Å²) in [6.07, 6.45) is 3.04. The zero-order chi connectivity index (χ0) is 17.7. The van der Waals surface area contributed by atoms with Gasteiger partial charge in [-0.15, -0.1) is 0 Å². The lowest BCUT2D eigenvalue weighted by atomic mass is 9.76. The SMILES string of the molecule is COC(=O)C1=C(NCCO)C=CC(C(=O)O)C1c1cccc(Cl)c1. The van der Waals surface area contributed by atoms with Crippen LogP contribution in [0.3, 0.4) is 0 Å². The molecule has 0 amide bonds. The summed E-state index contributed by atoms with van der Waals surface area (Å²) in [6.45, 7) is 0.0934. The third kappa shape index (κ3) is 3.77. The fourth-order valence-electron chi connectivity index (χ4n) is 2.74. The predicted molar refractivity (Wildman–Crippen MR) is 88.6 cm³/mol. The highest BCUT2D eigenvalue weighted by atomic mass is 35.5. The number of allylic oxidation sites excluding steroid dienone is 1. The van der Waals surface area contributed by atoms with Gasteiger partial charge < -0.3 is 20.3 Å². The first-order valence-corrected chi connectivity index (χ1v) is 7.71. The summed E-state index contributed by atoms with van der Waals surface area (Å²) in [4.78, 5) is 24.0. The summed E-state index contributed by atoms with van der Waals surface area (Å²) < 4.78 is 4.85. The summed E-state index contributed by atoms with van der Waals surface area (Å²) in [6, 6.07) is 6.72. The number of nitrogens with one attached hydrogen (secondary N) is 1. The minimum atomic E-state index is -1.06. The molecule has 1 aromatic rings. The van der Waals surface area contributed by atoms with Crippen molar-refractivity contribution in [3.63, 3.8) is 0 Å². The van der Waals surface area contributed by atoms with Gasteiger partial charge in [0.25, 0.3) is 0 Å². The second kappa shape index (κ2) is 7.99. The molecule has 7 heteroatoms. The predicted octanol–water partition coefficient (Wildman–Crippen LogP) is 1.70. The van der Waals surface area contributed by atoms with Gasteiger partial charge in [0.15, 0.2) is 0 Å². The zero-order valence-corrected chi connectivity index (χ0v) is 13.8. The van der Waals surface area contributed by atoms with Crippen LogP contribution in [-0.2, 0) is 14.3 Å². The van der Waals surface area contributed by atoms with Crippen LogP contribution in [0.1, 0.15) is 11.5 Å². The van der Waals surface area contributed by atoms with Gasteiger partial charge in [-0.1, -0.05) is 29.8 Å². The molecule has 0 radical (unpaired) electrons. The number of benzene rings is 1. The van der Waals surface area contributed by atoms with E-state index in [1.165, 1.54) is 19.3 Å². The Morgan fingerprint density at radius 2 is 2.12 bits per heavy atom. The van der Waals surface area contributed by atoms with Crippen molar-refractivity contribution in [2.24, 2.45) is 5.92 Å². The number of aliphatic carboxylic acids is 1. The van der Waals surface area contributed by atoms with Crippen molar-refractivity contribution >= 4 is 23.5 Å². The van der Waals surface area contributed by atoms with Crippen LogP contribution in [0, 0.1) is 5.92 Å². The highest BCUT2D eigenvalue weighted by Gasteiger charge is 2.38. The number of hydrogen-bond acceptors (Lipinski definition) is 5. The number of rotatable bonds is 6. The standard InChI is InChI=1S/C17H18ClNO5/c1-24-17(23)15-13(19-7-8-20)6-5-12(16(21)22)14(15)10-3-2-4-11(18)9-10/h2-6,9,12,14,19-20H,7-8H2,1H3,(H,21,22). The first-order chi connectivity index (χ1) is 11.5. The number of hydrogen-bond donors (Lipinski definition) is 3. The summed E-state index contributed by atoms with van der Waals surface area (Å²) in [5.74, 6) is -3.37. The minimum Gasteiger partial charge on any atom is -0.481 e. The van der Waals surface area contributed by atoms with Crippen LogP contribution >= 0.6 is 11.6 Å². The maximum atomic E-state index is 12.3. The highest BCUT2D eigenvalue weighted by Crippen LogP contribution is 2.39. The number of aliphatic hydroxyl groups excluding tert-OH is 1. The fraction of sp³-hybridized carbons (Fsp3) is 0.294. The largest absolute Gasteiger partial charge is 0.481 e. The molecule has 0 aromatic heterocycles. The Morgan fingerprint density at radius 3 is 2.71 bits per heavy atom. The Labute approximate surface area is 144 Å². The average Bonchev–Trinajstić information content (AvgIpc) is 2.58. The monoisotopic (exact) mass is 351 g/mol. The maximum absolute atomic E-state index is 12.3. The van der Waals surface area contributed by atoms with Gasteiger partial charge in [0, 0.05) is 23.2 Å². The lowest BCUT2D eigenvalue weighted by Gasteiger charge is -2.29. The second-order valence-corrected chi connectivity index (χ2v) is 5.66. The number of carbonyl (C=O) groups excluding carboxylic acids is 1. The van der Waals surface area contributed by atoms with E-state index in [2.05, 4.69) is 5.32 Å². The molecular weight excluding hydrogens is 334 g/mol. The van der Waals surface area contributed by atoms with Crippen molar-refractivity contribution < 1.29 is 24.5 Å². The molecule has 2 atom stereocenters. The number of halogens is 1. The maximum Gasteiger partial charge on any atom is 0.336 e. The molecule has 0 bridgehead atoms. The van der Waals surface area contributed by atoms with Crippen LogP contribution in [0.25, 0.3) is 0 Å². The molecule has 0 fully saturated rings. The quantitative estimate of drug-likeness (QED) is 0.675. The smallest absolute Gasteiger partial charge is 0.336 e. The Balaban J connectivity index is 2.60. The molecule has 0 aliphatic heterocycles. The first kappa shape index (κ1) is 18.0. The topological polar surface area (TPSA) is 95.9 Å². The van der Waals surface area contributed by atoms with Crippen LogP contribution in [0.4, 0.5) is 0 Å². The van der Waals surface area contributed by atoms with Crippen LogP contribution < -0.4 is 5.32 Å². The van der Waals surface area contributed by atoms with E-state index in [0.717, 1.165) is 0 Å². The summed E-state index contributed by atoms with van der Waals surface area (Å²) >= 11 is 6.03. The third-order valence-corrected chi connectivity index (χ3v) is 3.99. The third-order valence-electron chi connectivity index (χ3n) is 3.76. The molecule has 0 spiro atoms. The van der Waals surface area contributed by atoms with Gasteiger partial charge in [-0.25, -0.2) is 4.79 Å². The molecule has 0 heterocycles. The number of carboxylic acid groups (broad SMARTS) is 1. The number of carboxylic acids is 1. The van der Waals surface area contributed by atoms with E-state index in [1.54, 1.807) is 24.3 Å². The van der Waals surface area contributed by atoms with Gasteiger partial charge in [0.1, 0.15) is 0 Å². The molecule has 0 saturated carbocycles. The van der Waals surface area contributed by atoms with Gasteiger partial charge in [0.05, 0.1) is 25.2 Å². The normalized spacial score (nSPS) is 20.0. The molecular formula is C17H18ClNO5. The van der Waals surface area contributed by atoms with E-state index < -0.39 is 23.8 Å². The number of ether oxygens (including phenoxy) is 1. The fourth-order valence-corrected chi connectivity index (χ4v) is 2.94. The van der Waals surface area contributed by atoms with Crippen molar-refractivity contribution in [2.45, 2.75) is 5.92 Å². The summed E-state index contributed by atoms with van der Waals surface area (Å²) in [5.41, 5.74) is 1.23.